The van der Waals surface area contributed by atoms with E-state index >= 15 is 0 Å². The fraction of sp³-hybridized carbons (Fsp3) is 0.565. The molecule has 0 saturated carbocycles. The van der Waals surface area contributed by atoms with E-state index < -0.39 is 11.7 Å². The summed E-state index contributed by atoms with van der Waals surface area (Å²) in [4.78, 5) is 22.5. The van der Waals surface area contributed by atoms with Crippen molar-refractivity contribution in [2.75, 3.05) is 45.9 Å². The largest absolute Gasteiger partial charge is 0.416 e. The van der Waals surface area contributed by atoms with Crippen molar-refractivity contribution in [2.24, 2.45) is 5.92 Å². The number of halogens is 3. The Kier molecular flexibility index (Phi) is 7.17. The van der Waals surface area contributed by atoms with Gasteiger partial charge in [0.1, 0.15) is 9.88 Å². The van der Waals surface area contributed by atoms with E-state index in [1.165, 1.54) is 23.5 Å². The van der Waals surface area contributed by atoms with Gasteiger partial charge >= 0.3 is 6.18 Å². The van der Waals surface area contributed by atoms with E-state index in [4.69, 9.17) is 4.74 Å². The van der Waals surface area contributed by atoms with Crippen LogP contribution in [0.2, 0.25) is 0 Å². The van der Waals surface area contributed by atoms with Crippen LogP contribution < -0.4 is 0 Å². The predicted molar refractivity (Wildman–Crippen MR) is 118 cm³/mol. The van der Waals surface area contributed by atoms with E-state index in [-0.39, 0.29) is 5.91 Å². The highest BCUT2D eigenvalue weighted by Crippen LogP contribution is 2.34. The highest BCUT2D eigenvalue weighted by atomic mass is 32.1. The van der Waals surface area contributed by atoms with E-state index in [2.05, 4.69) is 9.88 Å². The fourth-order valence-corrected chi connectivity index (χ4v) is 5.32. The van der Waals surface area contributed by atoms with Crippen LogP contribution in [0.1, 0.15) is 40.2 Å². The molecule has 5 nitrogen and oxygen atoms in total. The number of ether oxygens (including phenoxy) is 1. The van der Waals surface area contributed by atoms with Crippen LogP contribution in [-0.4, -0.2) is 66.6 Å². The lowest BCUT2D eigenvalue weighted by atomic mass is 9.93. The van der Waals surface area contributed by atoms with Gasteiger partial charge in [0.25, 0.3) is 5.91 Å². The number of alkyl halides is 3. The van der Waals surface area contributed by atoms with Crippen molar-refractivity contribution < 1.29 is 22.7 Å². The summed E-state index contributed by atoms with van der Waals surface area (Å²) in [5.74, 6) is 0.608. The molecular weight excluding hydrogens is 439 g/mol. The number of morpholine rings is 1. The van der Waals surface area contributed by atoms with E-state index in [1.54, 1.807) is 6.92 Å². The van der Waals surface area contributed by atoms with Crippen molar-refractivity contribution in [3.8, 4) is 10.6 Å². The number of thiazole rings is 1. The maximum atomic E-state index is 13.1. The normalized spacial score (nSPS) is 18.8. The van der Waals surface area contributed by atoms with Crippen LogP contribution in [0, 0.1) is 12.8 Å². The summed E-state index contributed by atoms with van der Waals surface area (Å²) in [5, 5.41) is 0.569. The number of carbonyl (C=O) groups excluding carboxylic acids is 1. The minimum atomic E-state index is -4.37. The average Bonchev–Trinajstić information content (AvgIpc) is 3.19. The molecule has 174 valence electrons. The molecule has 0 radical (unpaired) electrons. The van der Waals surface area contributed by atoms with Crippen molar-refractivity contribution in [3.63, 3.8) is 0 Å². The van der Waals surface area contributed by atoms with Gasteiger partial charge in [0, 0.05) is 31.7 Å². The third kappa shape index (κ3) is 5.50. The predicted octanol–water partition coefficient (Wildman–Crippen LogP) is 4.71. The molecule has 1 amide bonds. The zero-order chi connectivity index (χ0) is 22.7. The quantitative estimate of drug-likeness (QED) is 0.639. The SMILES string of the molecule is Cc1nc(-c2ccc(C(F)(F)F)cc2)sc1C(=O)N1CCC(CCN2CCOCC2)CC1. The molecule has 2 aromatic rings. The molecule has 4 rings (SSSR count). The number of carbonyl (C=O) groups is 1. The minimum absolute atomic E-state index is 0.0233. The Balaban J connectivity index is 1.33. The molecule has 0 atom stereocenters. The Hall–Kier alpha value is -1.97. The van der Waals surface area contributed by atoms with Gasteiger partial charge in [-0.15, -0.1) is 11.3 Å². The van der Waals surface area contributed by atoms with E-state index in [9.17, 15) is 18.0 Å². The zero-order valence-electron chi connectivity index (χ0n) is 18.2. The van der Waals surface area contributed by atoms with Gasteiger partial charge in [-0.2, -0.15) is 13.2 Å². The van der Waals surface area contributed by atoms with E-state index in [1.807, 2.05) is 4.90 Å². The Morgan fingerprint density at radius 3 is 2.41 bits per heavy atom. The fourth-order valence-electron chi connectivity index (χ4n) is 4.28. The number of amides is 1. The molecule has 2 aliphatic heterocycles. The first-order chi connectivity index (χ1) is 15.3. The van der Waals surface area contributed by atoms with Crippen LogP contribution >= 0.6 is 11.3 Å². The molecule has 1 aromatic heterocycles. The number of hydrogen-bond donors (Lipinski definition) is 0. The first-order valence-electron chi connectivity index (χ1n) is 11.1. The smallest absolute Gasteiger partial charge is 0.379 e. The van der Waals surface area contributed by atoms with Crippen molar-refractivity contribution in [1.29, 1.82) is 0 Å². The molecular formula is C23H28F3N3O2S. The lowest BCUT2D eigenvalue weighted by Crippen LogP contribution is -2.40. The summed E-state index contributed by atoms with van der Waals surface area (Å²) in [6.07, 6.45) is -1.22. The molecule has 0 aliphatic carbocycles. The number of aryl methyl sites for hydroxylation is 1. The number of rotatable bonds is 5. The number of hydrogen-bond acceptors (Lipinski definition) is 5. The third-order valence-electron chi connectivity index (χ3n) is 6.31. The highest BCUT2D eigenvalue weighted by molar-refractivity contribution is 7.17. The molecule has 2 fully saturated rings. The minimum Gasteiger partial charge on any atom is -0.379 e. The summed E-state index contributed by atoms with van der Waals surface area (Å²) in [5.41, 5.74) is 0.527. The Bertz CT molecular complexity index is 916. The summed E-state index contributed by atoms with van der Waals surface area (Å²) in [7, 11) is 0. The molecule has 2 saturated heterocycles. The molecule has 0 bridgehead atoms. The van der Waals surface area contributed by atoms with Gasteiger partial charge in [-0.05, 0) is 50.8 Å². The highest BCUT2D eigenvalue weighted by Gasteiger charge is 2.30. The summed E-state index contributed by atoms with van der Waals surface area (Å²) >= 11 is 1.26. The third-order valence-corrected chi connectivity index (χ3v) is 7.50. The molecule has 1 aromatic carbocycles. The van der Waals surface area contributed by atoms with Crippen LogP contribution in [0.25, 0.3) is 10.6 Å². The monoisotopic (exact) mass is 467 g/mol. The standard InChI is InChI=1S/C23H28F3N3O2S/c1-16-20(32-21(27-16)18-2-4-19(5-3-18)23(24,25)26)22(30)29-10-7-17(8-11-29)6-9-28-12-14-31-15-13-28/h2-5,17H,6-15H2,1H3. The van der Waals surface area contributed by atoms with Crippen molar-refractivity contribution in [3.05, 3.63) is 40.4 Å². The van der Waals surface area contributed by atoms with Gasteiger partial charge in [0.15, 0.2) is 0 Å². The van der Waals surface area contributed by atoms with E-state index in [0.717, 1.165) is 77.3 Å². The second kappa shape index (κ2) is 9.89. The number of nitrogens with zero attached hydrogens (tertiary/aromatic N) is 3. The number of likely N-dealkylation sites (tertiary alicyclic amines) is 1. The summed E-state index contributed by atoms with van der Waals surface area (Å²) in [6, 6.07) is 4.93. The summed E-state index contributed by atoms with van der Waals surface area (Å²) in [6.45, 7) is 7.98. The first kappa shape index (κ1) is 23.2. The van der Waals surface area contributed by atoms with Crippen LogP contribution in [0.5, 0.6) is 0 Å². The second-order valence-corrected chi connectivity index (χ2v) is 9.49. The molecule has 2 aliphatic rings. The average molecular weight is 468 g/mol. The van der Waals surface area contributed by atoms with Gasteiger partial charge < -0.3 is 9.64 Å². The van der Waals surface area contributed by atoms with Crippen LogP contribution in [0.3, 0.4) is 0 Å². The number of aromatic nitrogens is 1. The van der Waals surface area contributed by atoms with Crippen molar-refractivity contribution in [2.45, 2.75) is 32.4 Å². The van der Waals surface area contributed by atoms with Gasteiger partial charge in [-0.3, -0.25) is 9.69 Å². The van der Waals surface area contributed by atoms with Crippen LogP contribution in [0.15, 0.2) is 24.3 Å². The van der Waals surface area contributed by atoms with Crippen molar-refractivity contribution >= 4 is 17.2 Å². The van der Waals surface area contributed by atoms with Crippen LogP contribution in [0.4, 0.5) is 13.2 Å². The topological polar surface area (TPSA) is 45.7 Å². The summed E-state index contributed by atoms with van der Waals surface area (Å²) < 4.78 is 43.8. The first-order valence-corrected chi connectivity index (χ1v) is 11.9. The number of benzene rings is 1. The molecule has 9 heteroatoms. The second-order valence-electron chi connectivity index (χ2n) is 8.49. The molecule has 0 spiro atoms. The maximum absolute atomic E-state index is 13.1. The molecule has 0 unspecified atom stereocenters. The van der Waals surface area contributed by atoms with E-state index in [0.29, 0.717) is 27.1 Å². The zero-order valence-corrected chi connectivity index (χ0v) is 19.0. The molecule has 3 heterocycles. The van der Waals surface area contributed by atoms with Crippen LogP contribution in [-0.2, 0) is 10.9 Å². The molecule has 0 N–H and O–H groups in total. The number of piperidine rings is 1. The van der Waals surface area contributed by atoms with Gasteiger partial charge in [-0.25, -0.2) is 4.98 Å². The Morgan fingerprint density at radius 1 is 1.12 bits per heavy atom. The lowest BCUT2D eigenvalue weighted by molar-refractivity contribution is -0.137. The maximum Gasteiger partial charge on any atom is 0.416 e. The Labute approximate surface area is 190 Å². The van der Waals surface area contributed by atoms with Gasteiger partial charge in [0.2, 0.25) is 0 Å². The lowest BCUT2D eigenvalue weighted by Gasteiger charge is -2.33. The van der Waals surface area contributed by atoms with Gasteiger partial charge in [-0.1, -0.05) is 12.1 Å². The molecule has 32 heavy (non-hydrogen) atoms. The Morgan fingerprint density at radius 2 is 1.78 bits per heavy atom. The van der Waals surface area contributed by atoms with Gasteiger partial charge in [0.05, 0.1) is 24.5 Å². The van der Waals surface area contributed by atoms with Crippen molar-refractivity contribution in [1.82, 2.24) is 14.8 Å².